The highest BCUT2D eigenvalue weighted by Crippen LogP contribution is 2.19. The molecule has 0 aromatic heterocycles. The Labute approximate surface area is 168 Å². The third-order valence-electron chi connectivity index (χ3n) is 5.46. The van der Waals surface area contributed by atoms with Crippen LogP contribution in [0.15, 0.2) is 78.9 Å². The van der Waals surface area contributed by atoms with E-state index in [4.69, 9.17) is 0 Å². The standard InChI is InChI=1S/C27H27N/c1-3-11-23(12-4-1)13-9-17-26(28-21-7-2-8-22-28)20-19-25-16-10-15-24-14-5-6-18-27(24)25/h1,3-6,9-16,18,26H,2,7-8,17,21-22H2. The number of likely N-dealkylation sites (tertiary alicyclic amines) is 1. The van der Waals surface area contributed by atoms with Crippen molar-refractivity contribution < 1.29 is 0 Å². The van der Waals surface area contributed by atoms with Crippen LogP contribution < -0.4 is 0 Å². The lowest BCUT2D eigenvalue weighted by Crippen LogP contribution is -2.38. The molecule has 0 aliphatic carbocycles. The summed E-state index contributed by atoms with van der Waals surface area (Å²) in [6.07, 6.45) is 9.39. The summed E-state index contributed by atoms with van der Waals surface area (Å²) in [6, 6.07) is 25.7. The van der Waals surface area contributed by atoms with Crippen molar-refractivity contribution in [2.75, 3.05) is 13.1 Å². The lowest BCUT2D eigenvalue weighted by Gasteiger charge is -2.31. The molecule has 4 rings (SSSR count). The van der Waals surface area contributed by atoms with E-state index in [1.165, 1.54) is 35.6 Å². The average molecular weight is 366 g/mol. The first kappa shape index (κ1) is 18.5. The Morgan fingerprint density at radius 3 is 2.43 bits per heavy atom. The Balaban J connectivity index is 1.57. The molecule has 1 heteroatoms. The zero-order chi connectivity index (χ0) is 19.0. The molecule has 1 atom stereocenters. The molecule has 0 amide bonds. The van der Waals surface area contributed by atoms with Gasteiger partial charge in [0.15, 0.2) is 0 Å². The van der Waals surface area contributed by atoms with Crippen LogP contribution in [0.4, 0.5) is 0 Å². The topological polar surface area (TPSA) is 3.24 Å². The fraction of sp³-hybridized carbons (Fsp3) is 0.259. The number of rotatable bonds is 4. The molecule has 0 radical (unpaired) electrons. The summed E-state index contributed by atoms with van der Waals surface area (Å²) >= 11 is 0. The van der Waals surface area contributed by atoms with Crippen molar-refractivity contribution in [2.45, 2.75) is 31.7 Å². The average Bonchev–Trinajstić information content (AvgIpc) is 2.77. The second-order valence-corrected chi connectivity index (χ2v) is 7.46. The van der Waals surface area contributed by atoms with Gasteiger partial charge in [-0.25, -0.2) is 0 Å². The van der Waals surface area contributed by atoms with Gasteiger partial charge in [0.2, 0.25) is 0 Å². The predicted octanol–water partition coefficient (Wildman–Crippen LogP) is 6.15. The Morgan fingerprint density at radius 2 is 1.57 bits per heavy atom. The minimum absolute atomic E-state index is 0.277. The lowest BCUT2D eigenvalue weighted by molar-refractivity contribution is 0.197. The van der Waals surface area contributed by atoms with E-state index in [0.717, 1.165) is 25.1 Å². The molecular weight excluding hydrogens is 338 g/mol. The number of benzene rings is 3. The van der Waals surface area contributed by atoms with Gasteiger partial charge in [-0.1, -0.05) is 97.1 Å². The van der Waals surface area contributed by atoms with Crippen LogP contribution in [-0.2, 0) is 0 Å². The molecule has 0 N–H and O–H groups in total. The highest BCUT2D eigenvalue weighted by molar-refractivity contribution is 5.88. The quantitative estimate of drug-likeness (QED) is 0.501. The van der Waals surface area contributed by atoms with Gasteiger partial charge in [-0.15, -0.1) is 0 Å². The number of hydrogen-bond donors (Lipinski definition) is 0. The normalized spacial score (nSPS) is 16.0. The first-order chi connectivity index (χ1) is 13.9. The molecule has 0 saturated carbocycles. The van der Waals surface area contributed by atoms with Crippen LogP contribution in [-0.4, -0.2) is 24.0 Å². The summed E-state index contributed by atoms with van der Waals surface area (Å²) < 4.78 is 0. The fourth-order valence-corrected chi connectivity index (χ4v) is 3.92. The molecule has 28 heavy (non-hydrogen) atoms. The third kappa shape index (κ3) is 4.71. The van der Waals surface area contributed by atoms with E-state index in [1.807, 2.05) is 0 Å². The van der Waals surface area contributed by atoms with E-state index in [0.29, 0.717) is 0 Å². The molecule has 1 nitrogen and oxygen atoms in total. The number of fused-ring (bicyclic) bond motifs is 1. The largest absolute Gasteiger partial charge is 0.290 e. The molecule has 0 bridgehead atoms. The van der Waals surface area contributed by atoms with Crippen molar-refractivity contribution in [1.82, 2.24) is 4.90 Å². The van der Waals surface area contributed by atoms with Crippen molar-refractivity contribution in [2.24, 2.45) is 0 Å². The van der Waals surface area contributed by atoms with Crippen molar-refractivity contribution in [1.29, 1.82) is 0 Å². The van der Waals surface area contributed by atoms with E-state index in [2.05, 4.69) is 102 Å². The first-order valence-corrected chi connectivity index (χ1v) is 10.3. The summed E-state index contributed by atoms with van der Waals surface area (Å²) in [7, 11) is 0. The Hall–Kier alpha value is -2.82. The zero-order valence-corrected chi connectivity index (χ0v) is 16.4. The van der Waals surface area contributed by atoms with Crippen LogP contribution in [0.3, 0.4) is 0 Å². The summed E-state index contributed by atoms with van der Waals surface area (Å²) in [5.74, 6) is 7.12. The van der Waals surface area contributed by atoms with Gasteiger partial charge >= 0.3 is 0 Å². The van der Waals surface area contributed by atoms with Crippen LogP contribution in [0.25, 0.3) is 16.8 Å². The van der Waals surface area contributed by atoms with Crippen LogP contribution in [0, 0.1) is 11.8 Å². The van der Waals surface area contributed by atoms with E-state index < -0.39 is 0 Å². The van der Waals surface area contributed by atoms with Crippen molar-refractivity contribution >= 4 is 16.8 Å². The molecule has 1 aliphatic rings. The Bertz CT molecular complexity index is 979. The lowest BCUT2D eigenvalue weighted by atomic mass is 10.0. The van der Waals surface area contributed by atoms with Gasteiger partial charge in [-0.05, 0) is 54.8 Å². The number of piperidine rings is 1. The molecule has 140 valence electrons. The Kier molecular flexibility index (Phi) is 6.22. The molecule has 3 aromatic rings. The summed E-state index contributed by atoms with van der Waals surface area (Å²) in [5, 5.41) is 2.50. The van der Waals surface area contributed by atoms with E-state index >= 15 is 0 Å². The van der Waals surface area contributed by atoms with Crippen LogP contribution in [0.1, 0.15) is 36.8 Å². The monoisotopic (exact) mass is 365 g/mol. The number of hydrogen-bond acceptors (Lipinski definition) is 1. The molecule has 0 spiro atoms. The predicted molar refractivity (Wildman–Crippen MR) is 120 cm³/mol. The van der Waals surface area contributed by atoms with Crippen LogP contribution in [0.5, 0.6) is 0 Å². The molecule has 1 unspecified atom stereocenters. The fourth-order valence-electron chi connectivity index (χ4n) is 3.92. The number of nitrogens with zero attached hydrogens (tertiary/aromatic N) is 1. The maximum Gasteiger partial charge on any atom is 0.0753 e. The second-order valence-electron chi connectivity index (χ2n) is 7.46. The molecule has 1 aliphatic heterocycles. The van der Waals surface area contributed by atoms with Gasteiger partial charge in [0.1, 0.15) is 0 Å². The molecular formula is C27H27N. The second kappa shape index (κ2) is 9.40. The summed E-state index contributed by atoms with van der Waals surface area (Å²) in [5.41, 5.74) is 2.38. The molecule has 1 saturated heterocycles. The van der Waals surface area contributed by atoms with Gasteiger partial charge in [-0.3, -0.25) is 4.90 Å². The highest BCUT2D eigenvalue weighted by atomic mass is 15.1. The molecule has 1 fully saturated rings. The van der Waals surface area contributed by atoms with Gasteiger partial charge < -0.3 is 0 Å². The van der Waals surface area contributed by atoms with E-state index in [1.54, 1.807) is 0 Å². The van der Waals surface area contributed by atoms with Crippen molar-refractivity contribution in [3.63, 3.8) is 0 Å². The summed E-state index contributed by atoms with van der Waals surface area (Å²) in [4.78, 5) is 2.57. The molecule has 3 aromatic carbocycles. The van der Waals surface area contributed by atoms with E-state index in [9.17, 15) is 0 Å². The maximum atomic E-state index is 3.61. The van der Waals surface area contributed by atoms with Gasteiger partial charge in [0.05, 0.1) is 6.04 Å². The highest BCUT2D eigenvalue weighted by Gasteiger charge is 2.17. The van der Waals surface area contributed by atoms with Crippen LogP contribution >= 0.6 is 0 Å². The van der Waals surface area contributed by atoms with E-state index in [-0.39, 0.29) is 6.04 Å². The van der Waals surface area contributed by atoms with Crippen molar-refractivity contribution in [3.05, 3.63) is 90.0 Å². The maximum absolute atomic E-state index is 3.61. The smallest absolute Gasteiger partial charge is 0.0753 e. The first-order valence-electron chi connectivity index (χ1n) is 10.3. The molecule has 1 heterocycles. The third-order valence-corrected chi connectivity index (χ3v) is 5.46. The minimum atomic E-state index is 0.277. The SMILES string of the molecule is C(#CC(CC=Cc1ccccc1)N1CCCCC1)c1cccc2ccccc12. The summed E-state index contributed by atoms with van der Waals surface area (Å²) in [6.45, 7) is 2.32. The minimum Gasteiger partial charge on any atom is -0.290 e. The van der Waals surface area contributed by atoms with Crippen LogP contribution in [0.2, 0.25) is 0 Å². The van der Waals surface area contributed by atoms with Gasteiger partial charge in [0.25, 0.3) is 0 Å². The Morgan fingerprint density at radius 1 is 0.821 bits per heavy atom. The zero-order valence-electron chi connectivity index (χ0n) is 16.4. The van der Waals surface area contributed by atoms with Crippen molar-refractivity contribution in [3.8, 4) is 11.8 Å². The van der Waals surface area contributed by atoms with Gasteiger partial charge in [-0.2, -0.15) is 0 Å². The van der Waals surface area contributed by atoms with Gasteiger partial charge in [0, 0.05) is 5.56 Å².